The Balaban J connectivity index is 2.99. The van der Waals surface area contributed by atoms with Crippen molar-refractivity contribution in [3.63, 3.8) is 0 Å². The molecule has 1 rings (SSSR count). The normalized spacial score (nSPS) is 10.6. The molecule has 1 aromatic carbocycles. The number of amides is 1. The largest absolute Gasteiger partial charge is 0.396 e. The van der Waals surface area contributed by atoms with E-state index in [0.717, 1.165) is 0 Å². The van der Waals surface area contributed by atoms with Crippen molar-refractivity contribution in [3.05, 3.63) is 29.6 Å². The van der Waals surface area contributed by atoms with Crippen molar-refractivity contribution >= 4 is 11.6 Å². The molecule has 2 N–H and O–H groups in total. The number of hydrogen-bond acceptors (Lipinski definition) is 2. The monoisotopic (exact) mass is 224 g/mol. The third kappa shape index (κ3) is 2.51. The van der Waals surface area contributed by atoms with Gasteiger partial charge < -0.3 is 10.6 Å². The van der Waals surface area contributed by atoms with Gasteiger partial charge in [-0.15, -0.1) is 0 Å². The molecule has 3 nitrogen and oxygen atoms in total. The first-order chi connectivity index (χ1) is 7.47. The van der Waals surface area contributed by atoms with Gasteiger partial charge >= 0.3 is 0 Å². The molecule has 0 atom stereocenters. The number of carbonyl (C=O) groups is 1. The van der Waals surface area contributed by atoms with Crippen LogP contribution < -0.4 is 5.73 Å². The molecule has 0 heterocycles. The SMILES string of the molecule is CCN(C(=O)c1ccc(F)c(N)c1)C(C)C. The Morgan fingerprint density at radius 2 is 2.12 bits per heavy atom. The molecule has 0 saturated carbocycles. The minimum Gasteiger partial charge on any atom is -0.396 e. The number of nitrogens with two attached hydrogens (primary N) is 1. The fraction of sp³-hybridized carbons (Fsp3) is 0.417. The summed E-state index contributed by atoms with van der Waals surface area (Å²) in [5.74, 6) is -0.617. The number of halogens is 1. The second-order valence-electron chi connectivity index (χ2n) is 3.92. The highest BCUT2D eigenvalue weighted by molar-refractivity contribution is 5.95. The second-order valence-corrected chi connectivity index (χ2v) is 3.92. The van der Waals surface area contributed by atoms with Crippen LogP contribution in [0.1, 0.15) is 31.1 Å². The summed E-state index contributed by atoms with van der Waals surface area (Å²) in [7, 11) is 0. The van der Waals surface area contributed by atoms with Crippen LogP contribution >= 0.6 is 0 Å². The fourth-order valence-corrected chi connectivity index (χ4v) is 1.59. The number of anilines is 1. The van der Waals surface area contributed by atoms with Crippen molar-refractivity contribution in [1.82, 2.24) is 4.90 Å². The summed E-state index contributed by atoms with van der Waals surface area (Å²) >= 11 is 0. The average molecular weight is 224 g/mol. The number of benzene rings is 1. The van der Waals surface area contributed by atoms with Crippen molar-refractivity contribution in [2.45, 2.75) is 26.8 Å². The van der Waals surface area contributed by atoms with Gasteiger partial charge in [0.2, 0.25) is 0 Å². The first-order valence-electron chi connectivity index (χ1n) is 5.33. The molecule has 0 radical (unpaired) electrons. The minimum atomic E-state index is -0.496. The van der Waals surface area contributed by atoms with Gasteiger partial charge in [0.1, 0.15) is 5.82 Å². The molecule has 0 aliphatic rings. The Morgan fingerprint density at radius 3 is 2.56 bits per heavy atom. The van der Waals surface area contributed by atoms with Gasteiger partial charge in [-0.05, 0) is 39.0 Å². The van der Waals surface area contributed by atoms with Crippen LogP contribution in [0.5, 0.6) is 0 Å². The van der Waals surface area contributed by atoms with Crippen molar-refractivity contribution in [2.24, 2.45) is 0 Å². The maximum Gasteiger partial charge on any atom is 0.254 e. The lowest BCUT2D eigenvalue weighted by molar-refractivity contribution is 0.0717. The number of nitrogen functional groups attached to an aromatic ring is 1. The summed E-state index contributed by atoms with van der Waals surface area (Å²) in [6, 6.07) is 4.17. The summed E-state index contributed by atoms with van der Waals surface area (Å²) in [6.07, 6.45) is 0. The van der Waals surface area contributed by atoms with Crippen LogP contribution in [0.15, 0.2) is 18.2 Å². The summed E-state index contributed by atoms with van der Waals surface area (Å²) in [4.78, 5) is 13.7. The molecular formula is C12H17FN2O. The highest BCUT2D eigenvalue weighted by atomic mass is 19.1. The zero-order valence-electron chi connectivity index (χ0n) is 9.83. The Labute approximate surface area is 95.0 Å². The van der Waals surface area contributed by atoms with Crippen molar-refractivity contribution in [2.75, 3.05) is 12.3 Å². The molecule has 0 aliphatic heterocycles. The van der Waals surface area contributed by atoms with Gasteiger partial charge in [-0.2, -0.15) is 0 Å². The first kappa shape index (κ1) is 12.5. The average Bonchev–Trinajstić information content (AvgIpc) is 2.22. The smallest absolute Gasteiger partial charge is 0.254 e. The Kier molecular flexibility index (Phi) is 3.88. The molecular weight excluding hydrogens is 207 g/mol. The zero-order valence-corrected chi connectivity index (χ0v) is 9.83. The summed E-state index contributed by atoms with van der Waals surface area (Å²) < 4.78 is 13.0. The van der Waals surface area contributed by atoms with E-state index in [1.54, 1.807) is 4.90 Å². The van der Waals surface area contributed by atoms with E-state index < -0.39 is 5.82 Å². The molecule has 88 valence electrons. The maximum atomic E-state index is 13.0. The lowest BCUT2D eigenvalue weighted by Crippen LogP contribution is -2.36. The molecule has 0 bridgehead atoms. The lowest BCUT2D eigenvalue weighted by Gasteiger charge is -2.25. The highest BCUT2D eigenvalue weighted by Crippen LogP contribution is 2.15. The summed E-state index contributed by atoms with van der Waals surface area (Å²) in [6.45, 7) is 6.40. The molecule has 0 unspecified atom stereocenters. The van der Waals surface area contributed by atoms with E-state index in [4.69, 9.17) is 5.73 Å². The van der Waals surface area contributed by atoms with Crippen LogP contribution in [-0.2, 0) is 0 Å². The van der Waals surface area contributed by atoms with Gasteiger partial charge in [0.15, 0.2) is 0 Å². The summed E-state index contributed by atoms with van der Waals surface area (Å²) in [5.41, 5.74) is 5.86. The van der Waals surface area contributed by atoms with Crippen LogP contribution in [-0.4, -0.2) is 23.4 Å². The number of carbonyl (C=O) groups excluding carboxylic acids is 1. The van der Waals surface area contributed by atoms with Crippen LogP contribution in [0.3, 0.4) is 0 Å². The predicted molar refractivity (Wildman–Crippen MR) is 62.7 cm³/mol. The predicted octanol–water partition coefficient (Wildman–Crippen LogP) is 2.28. The van der Waals surface area contributed by atoms with E-state index in [1.165, 1.54) is 18.2 Å². The van der Waals surface area contributed by atoms with E-state index >= 15 is 0 Å². The van der Waals surface area contributed by atoms with Crippen molar-refractivity contribution in [3.8, 4) is 0 Å². The molecule has 0 saturated heterocycles. The van der Waals surface area contributed by atoms with Crippen LogP contribution in [0, 0.1) is 5.82 Å². The highest BCUT2D eigenvalue weighted by Gasteiger charge is 2.17. The van der Waals surface area contributed by atoms with Crippen LogP contribution in [0.4, 0.5) is 10.1 Å². The van der Waals surface area contributed by atoms with Gasteiger partial charge in [0.05, 0.1) is 5.69 Å². The molecule has 0 spiro atoms. The Morgan fingerprint density at radius 1 is 1.50 bits per heavy atom. The first-order valence-corrected chi connectivity index (χ1v) is 5.33. The van der Waals surface area contributed by atoms with Gasteiger partial charge in [-0.25, -0.2) is 4.39 Å². The fourth-order valence-electron chi connectivity index (χ4n) is 1.59. The molecule has 1 amide bonds. The van der Waals surface area contributed by atoms with E-state index in [2.05, 4.69) is 0 Å². The van der Waals surface area contributed by atoms with E-state index in [-0.39, 0.29) is 17.6 Å². The third-order valence-electron chi connectivity index (χ3n) is 2.47. The molecule has 0 fully saturated rings. The minimum absolute atomic E-state index is 0.00524. The summed E-state index contributed by atoms with van der Waals surface area (Å²) in [5, 5.41) is 0. The molecule has 0 aromatic heterocycles. The molecule has 1 aromatic rings. The van der Waals surface area contributed by atoms with Gasteiger partial charge in [0.25, 0.3) is 5.91 Å². The molecule has 0 aliphatic carbocycles. The Hall–Kier alpha value is -1.58. The van der Waals surface area contributed by atoms with Crippen molar-refractivity contribution in [1.29, 1.82) is 0 Å². The Bertz CT molecular complexity index is 391. The number of nitrogens with zero attached hydrogens (tertiary/aromatic N) is 1. The second kappa shape index (κ2) is 4.96. The molecule has 16 heavy (non-hydrogen) atoms. The number of hydrogen-bond donors (Lipinski definition) is 1. The van der Waals surface area contributed by atoms with Gasteiger partial charge in [-0.1, -0.05) is 0 Å². The van der Waals surface area contributed by atoms with Crippen LogP contribution in [0.25, 0.3) is 0 Å². The number of rotatable bonds is 3. The third-order valence-corrected chi connectivity index (χ3v) is 2.47. The quantitative estimate of drug-likeness (QED) is 0.801. The lowest BCUT2D eigenvalue weighted by atomic mass is 10.1. The van der Waals surface area contributed by atoms with Crippen molar-refractivity contribution < 1.29 is 9.18 Å². The van der Waals surface area contributed by atoms with Gasteiger partial charge in [-0.3, -0.25) is 4.79 Å². The van der Waals surface area contributed by atoms with Crippen LogP contribution in [0.2, 0.25) is 0 Å². The van der Waals surface area contributed by atoms with E-state index in [0.29, 0.717) is 12.1 Å². The standard InChI is InChI=1S/C12H17FN2O/c1-4-15(8(2)3)12(16)9-5-6-10(13)11(14)7-9/h5-8H,4,14H2,1-3H3. The van der Waals surface area contributed by atoms with E-state index in [1.807, 2.05) is 20.8 Å². The van der Waals surface area contributed by atoms with E-state index in [9.17, 15) is 9.18 Å². The van der Waals surface area contributed by atoms with Gasteiger partial charge in [0, 0.05) is 18.2 Å². The topological polar surface area (TPSA) is 46.3 Å². The maximum absolute atomic E-state index is 13.0. The zero-order chi connectivity index (χ0) is 12.3. The molecule has 4 heteroatoms.